The van der Waals surface area contributed by atoms with E-state index in [-0.39, 0.29) is 16.9 Å². The quantitative estimate of drug-likeness (QED) is 0.704. The predicted octanol–water partition coefficient (Wildman–Crippen LogP) is 2.72. The third-order valence-electron chi connectivity index (χ3n) is 6.84. The molecule has 1 aromatic carbocycles. The van der Waals surface area contributed by atoms with Gasteiger partial charge in [0.2, 0.25) is 15.9 Å². The first kappa shape index (κ1) is 21.3. The maximum atomic E-state index is 12.9. The lowest BCUT2D eigenvalue weighted by molar-refractivity contribution is -0.188. The molecule has 2 heterocycles. The van der Waals surface area contributed by atoms with Gasteiger partial charge in [0, 0.05) is 26.2 Å². The Bertz CT molecular complexity index is 836. The number of likely N-dealkylation sites (tertiary alicyclic amines) is 1. The molecule has 1 amide bonds. The Balaban J connectivity index is 1.61. The molecule has 6 nitrogen and oxygen atoms in total. The maximum Gasteiger partial charge on any atom is 0.243 e. The third kappa shape index (κ3) is 3.37. The lowest BCUT2D eigenvalue weighted by Gasteiger charge is -2.61. The molecule has 0 N–H and O–H groups in total. The molecule has 7 heteroatoms. The first-order chi connectivity index (χ1) is 12.9. The smallest absolute Gasteiger partial charge is 0.243 e. The second-order valence-corrected chi connectivity index (χ2v) is 11.2. The molecule has 0 atom stereocenters. The van der Waals surface area contributed by atoms with Crippen LogP contribution in [0.5, 0.6) is 0 Å². The van der Waals surface area contributed by atoms with Gasteiger partial charge in [0.25, 0.3) is 0 Å². The van der Waals surface area contributed by atoms with Crippen LogP contribution in [0.3, 0.4) is 0 Å². The lowest BCUT2D eigenvalue weighted by Crippen LogP contribution is -2.74. The van der Waals surface area contributed by atoms with E-state index in [9.17, 15) is 13.2 Å². The highest BCUT2D eigenvalue weighted by atomic mass is 32.2. The molecular formula is C21H33N3O3S. The molecule has 3 rings (SSSR count). The maximum absolute atomic E-state index is 12.9. The highest BCUT2D eigenvalue weighted by molar-refractivity contribution is 7.89. The summed E-state index contributed by atoms with van der Waals surface area (Å²) >= 11 is 0. The highest BCUT2D eigenvalue weighted by Crippen LogP contribution is 2.47. The molecule has 1 aromatic rings. The van der Waals surface area contributed by atoms with Crippen molar-refractivity contribution in [3.05, 3.63) is 29.8 Å². The van der Waals surface area contributed by atoms with E-state index in [0.717, 1.165) is 5.56 Å². The van der Waals surface area contributed by atoms with Gasteiger partial charge in [-0.1, -0.05) is 26.0 Å². The van der Waals surface area contributed by atoms with E-state index in [1.165, 1.54) is 0 Å². The number of hydrogen-bond acceptors (Lipinski definition) is 4. The van der Waals surface area contributed by atoms with Crippen LogP contribution in [-0.4, -0.2) is 66.8 Å². The fourth-order valence-corrected chi connectivity index (χ4v) is 5.29. The summed E-state index contributed by atoms with van der Waals surface area (Å²) in [5, 5.41) is 0. The number of piperazine rings is 1. The zero-order valence-electron chi connectivity index (χ0n) is 17.9. The normalized spacial score (nSPS) is 23.1. The summed E-state index contributed by atoms with van der Waals surface area (Å²) in [6.07, 6.45) is 0. The SMILES string of the molecule is CC(C)c1ccc(S(=O)(=O)N2CCN(CN3C(=O)C(C)(C)C3(C)C)CC2)cc1. The molecule has 28 heavy (non-hydrogen) atoms. The molecule has 0 saturated carbocycles. The van der Waals surface area contributed by atoms with Gasteiger partial charge in [-0.3, -0.25) is 9.69 Å². The summed E-state index contributed by atoms with van der Waals surface area (Å²) in [4.78, 5) is 16.9. The molecular weight excluding hydrogens is 374 g/mol. The molecule has 0 spiro atoms. The summed E-state index contributed by atoms with van der Waals surface area (Å²) in [7, 11) is -3.47. The third-order valence-corrected chi connectivity index (χ3v) is 8.75. The van der Waals surface area contributed by atoms with Crippen LogP contribution in [0.4, 0.5) is 0 Å². The highest BCUT2D eigenvalue weighted by Gasteiger charge is 2.60. The second kappa shape index (κ2) is 7.11. The number of sulfonamides is 1. The Morgan fingerprint density at radius 3 is 1.96 bits per heavy atom. The minimum Gasteiger partial charge on any atom is -0.323 e. The Labute approximate surface area is 169 Å². The number of rotatable bonds is 5. The number of benzene rings is 1. The number of nitrogens with zero attached hydrogens (tertiary/aromatic N) is 3. The summed E-state index contributed by atoms with van der Waals surface area (Å²) in [6.45, 7) is 15.1. The topological polar surface area (TPSA) is 60.9 Å². The summed E-state index contributed by atoms with van der Waals surface area (Å²) < 4.78 is 27.5. The monoisotopic (exact) mass is 407 g/mol. The Kier molecular flexibility index (Phi) is 5.40. The molecule has 2 fully saturated rings. The van der Waals surface area contributed by atoms with E-state index in [1.54, 1.807) is 16.4 Å². The van der Waals surface area contributed by atoms with Crippen LogP contribution in [0.15, 0.2) is 29.2 Å². The van der Waals surface area contributed by atoms with Crippen LogP contribution >= 0.6 is 0 Å². The number of hydrogen-bond donors (Lipinski definition) is 0. The van der Waals surface area contributed by atoms with Crippen molar-refractivity contribution in [3.8, 4) is 0 Å². The van der Waals surface area contributed by atoms with Crippen LogP contribution in [0.25, 0.3) is 0 Å². The second-order valence-electron chi connectivity index (χ2n) is 9.30. The predicted molar refractivity (Wildman–Crippen MR) is 110 cm³/mol. The molecule has 156 valence electrons. The first-order valence-electron chi connectivity index (χ1n) is 10.0. The number of carbonyl (C=O) groups is 1. The molecule has 0 aromatic heterocycles. The van der Waals surface area contributed by atoms with Gasteiger partial charge in [0.05, 0.1) is 22.5 Å². The van der Waals surface area contributed by atoms with Crippen molar-refractivity contribution in [3.63, 3.8) is 0 Å². The average Bonchev–Trinajstić information content (AvgIpc) is 2.65. The van der Waals surface area contributed by atoms with Gasteiger partial charge in [-0.15, -0.1) is 0 Å². The average molecular weight is 408 g/mol. The van der Waals surface area contributed by atoms with E-state index < -0.39 is 10.0 Å². The lowest BCUT2D eigenvalue weighted by atomic mass is 9.64. The zero-order valence-corrected chi connectivity index (χ0v) is 18.7. The van der Waals surface area contributed by atoms with Crippen LogP contribution < -0.4 is 0 Å². The van der Waals surface area contributed by atoms with Crippen molar-refractivity contribution in [2.45, 2.75) is 57.9 Å². The Morgan fingerprint density at radius 1 is 0.964 bits per heavy atom. The molecule has 2 aliphatic heterocycles. The molecule has 2 saturated heterocycles. The summed E-state index contributed by atoms with van der Waals surface area (Å²) in [6, 6.07) is 7.21. The van der Waals surface area contributed by atoms with Crippen molar-refractivity contribution in [1.29, 1.82) is 0 Å². The Hall–Kier alpha value is -1.44. The van der Waals surface area contributed by atoms with Crippen molar-refractivity contribution in [1.82, 2.24) is 14.1 Å². The van der Waals surface area contributed by atoms with Gasteiger partial charge < -0.3 is 4.90 Å². The van der Waals surface area contributed by atoms with Crippen molar-refractivity contribution < 1.29 is 13.2 Å². The fourth-order valence-electron chi connectivity index (χ4n) is 3.86. The van der Waals surface area contributed by atoms with Gasteiger partial charge in [0.15, 0.2) is 0 Å². The van der Waals surface area contributed by atoms with Crippen LogP contribution in [0.1, 0.15) is 53.0 Å². The molecule has 2 aliphatic rings. The summed E-state index contributed by atoms with van der Waals surface area (Å²) in [5.74, 6) is 0.538. The van der Waals surface area contributed by atoms with Gasteiger partial charge in [-0.25, -0.2) is 8.42 Å². The largest absolute Gasteiger partial charge is 0.323 e. The molecule has 0 bridgehead atoms. The van der Waals surface area contributed by atoms with Crippen molar-refractivity contribution in [2.24, 2.45) is 5.41 Å². The fraction of sp³-hybridized carbons (Fsp3) is 0.667. The van der Waals surface area contributed by atoms with E-state index >= 15 is 0 Å². The van der Waals surface area contributed by atoms with Crippen molar-refractivity contribution >= 4 is 15.9 Å². The standard InChI is InChI=1S/C21H33N3O3S/c1-16(2)17-7-9-18(10-8-17)28(26,27)23-13-11-22(12-14-23)15-24-19(25)20(3,4)21(24,5)6/h7-10,16H,11-15H2,1-6H3. The van der Waals surface area contributed by atoms with Gasteiger partial charge in [-0.05, 0) is 51.3 Å². The summed E-state index contributed by atoms with van der Waals surface area (Å²) in [5.41, 5.74) is 0.597. The zero-order chi connectivity index (χ0) is 20.9. The van der Waals surface area contributed by atoms with Crippen molar-refractivity contribution in [2.75, 3.05) is 32.8 Å². The number of carbonyl (C=O) groups excluding carboxylic acids is 1. The number of β-lactam (4-membered cyclic amide) rings is 1. The molecule has 0 radical (unpaired) electrons. The minimum atomic E-state index is -3.47. The molecule has 0 aliphatic carbocycles. The Morgan fingerprint density at radius 2 is 1.50 bits per heavy atom. The van der Waals surface area contributed by atoms with Crippen LogP contribution in [0, 0.1) is 5.41 Å². The van der Waals surface area contributed by atoms with E-state index in [0.29, 0.717) is 43.7 Å². The van der Waals surface area contributed by atoms with Crippen LogP contribution in [-0.2, 0) is 14.8 Å². The molecule has 0 unspecified atom stereocenters. The van der Waals surface area contributed by atoms with Crippen LogP contribution in [0.2, 0.25) is 0 Å². The van der Waals surface area contributed by atoms with E-state index in [2.05, 4.69) is 32.6 Å². The van der Waals surface area contributed by atoms with Gasteiger partial charge >= 0.3 is 0 Å². The minimum absolute atomic E-state index is 0.165. The van der Waals surface area contributed by atoms with Gasteiger partial charge in [-0.2, -0.15) is 4.31 Å². The number of amides is 1. The first-order valence-corrected chi connectivity index (χ1v) is 11.5. The van der Waals surface area contributed by atoms with E-state index in [1.807, 2.05) is 30.9 Å². The van der Waals surface area contributed by atoms with Gasteiger partial charge in [0.1, 0.15) is 0 Å². The van der Waals surface area contributed by atoms with E-state index in [4.69, 9.17) is 0 Å².